The fraction of sp³-hybridized carbons (Fsp3) is 0.636. The lowest BCUT2D eigenvalue weighted by Gasteiger charge is -2.07. The van der Waals surface area contributed by atoms with E-state index >= 15 is 0 Å². The average Bonchev–Trinajstić information content (AvgIpc) is 2.87. The lowest BCUT2D eigenvalue weighted by molar-refractivity contribution is 0.185. The molecule has 4 nitrogen and oxygen atoms in total. The maximum atomic E-state index is 11.8. The monoisotopic (exact) mass is 238 g/mol. The van der Waals surface area contributed by atoms with Gasteiger partial charge in [0.25, 0.3) is 5.56 Å². The summed E-state index contributed by atoms with van der Waals surface area (Å²) in [5, 5.41) is 0. The Morgan fingerprint density at radius 2 is 2.44 bits per heavy atom. The second-order valence-corrected chi connectivity index (χ2v) is 5.35. The molecule has 0 aromatic carbocycles. The summed E-state index contributed by atoms with van der Waals surface area (Å²) in [7, 11) is 0. The number of ether oxygens (including phenoxy) is 1. The predicted molar refractivity (Wildman–Crippen MR) is 62.5 cm³/mol. The van der Waals surface area contributed by atoms with Crippen LogP contribution in [-0.2, 0) is 22.7 Å². The third-order valence-corrected chi connectivity index (χ3v) is 4.11. The van der Waals surface area contributed by atoms with Crippen LogP contribution in [0.4, 0.5) is 0 Å². The van der Waals surface area contributed by atoms with Crippen LogP contribution < -0.4 is 5.56 Å². The van der Waals surface area contributed by atoms with Crippen molar-refractivity contribution in [2.24, 2.45) is 5.92 Å². The molecule has 0 spiro atoms. The highest BCUT2D eigenvalue weighted by molar-refractivity contribution is 7.98. The van der Waals surface area contributed by atoms with Gasteiger partial charge in [-0.05, 0) is 12.3 Å². The van der Waals surface area contributed by atoms with Gasteiger partial charge in [-0.2, -0.15) is 11.8 Å². The molecule has 0 amide bonds. The van der Waals surface area contributed by atoms with Gasteiger partial charge in [0, 0.05) is 36.7 Å². The Morgan fingerprint density at radius 1 is 1.50 bits per heavy atom. The number of hydrogen-bond acceptors (Lipinski definition) is 4. The zero-order chi connectivity index (χ0) is 11.0. The fourth-order valence-corrected chi connectivity index (χ4v) is 3.26. The molecule has 1 N–H and O–H groups in total. The maximum Gasteiger partial charge on any atom is 0.255 e. The number of fused-ring (bicyclic) bond motifs is 1. The quantitative estimate of drug-likeness (QED) is 0.838. The van der Waals surface area contributed by atoms with Gasteiger partial charge >= 0.3 is 0 Å². The van der Waals surface area contributed by atoms with E-state index < -0.39 is 0 Å². The molecule has 1 fully saturated rings. The summed E-state index contributed by atoms with van der Waals surface area (Å²) in [4.78, 5) is 19.2. The van der Waals surface area contributed by atoms with Gasteiger partial charge in [-0.3, -0.25) is 4.79 Å². The van der Waals surface area contributed by atoms with Crippen molar-refractivity contribution in [3.63, 3.8) is 0 Å². The molecule has 0 aliphatic carbocycles. The smallest absolute Gasteiger partial charge is 0.255 e. The normalized spacial score (nSPS) is 23.6. The highest BCUT2D eigenvalue weighted by atomic mass is 32.2. The Bertz CT molecular complexity index is 452. The fourth-order valence-electron chi connectivity index (χ4n) is 2.23. The topological polar surface area (TPSA) is 55.0 Å². The Kier molecular flexibility index (Phi) is 2.73. The number of hydrogen-bond donors (Lipinski definition) is 1. The van der Waals surface area contributed by atoms with Gasteiger partial charge in [0.1, 0.15) is 5.82 Å². The van der Waals surface area contributed by atoms with Gasteiger partial charge in [0.2, 0.25) is 0 Å². The van der Waals surface area contributed by atoms with Crippen molar-refractivity contribution in [2.75, 3.05) is 13.2 Å². The number of thioether (sulfide) groups is 1. The van der Waals surface area contributed by atoms with Crippen LogP contribution in [0.5, 0.6) is 0 Å². The molecule has 1 atom stereocenters. The first-order valence-corrected chi connectivity index (χ1v) is 6.75. The minimum absolute atomic E-state index is 0.0592. The molecule has 0 bridgehead atoms. The lowest BCUT2D eigenvalue weighted by atomic mass is 10.0. The summed E-state index contributed by atoms with van der Waals surface area (Å²) in [6.45, 7) is 1.64. The van der Waals surface area contributed by atoms with E-state index in [9.17, 15) is 4.79 Å². The van der Waals surface area contributed by atoms with Crippen molar-refractivity contribution in [1.29, 1.82) is 0 Å². The second-order valence-electron chi connectivity index (χ2n) is 4.36. The van der Waals surface area contributed by atoms with Crippen LogP contribution in [0, 0.1) is 5.92 Å². The Balaban J connectivity index is 1.85. The largest absolute Gasteiger partial charge is 0.381 e. The van der Waals surface area contributed by atoms with Gasteiger partial charge < -0.3 is 9.72 Å². The molecule has 5 heteroatoms. The summed E-state index contributed by atoms with van der Waals surface area (Å²) in [6.07, 6.45) is 1.92. The van der Waals surface area contributed by atoms with Gasteiger partial charge in [-0.1, -0.05) is 0 Å². The van der Waals surface area contributed by atoms with Crippen molar-refractivity contribution >= 4 is 11.8 Å². The minimum atomic E-state index is 0.0592. The van der Waals surface area contributed by atoms with E-state index in [2.05, 4.69) is 9.97 Å². The number of aromatic nitrogens is 2. The molecule has 0 radical (unpaired) electrons. The molecule has 2 aliphatic heterocycles. The second kappa shape index (κ2) is 4.22. The molecule has 1 aromatic rings. The van der Waals surface area contributed by atoms with E-state index in [-0.39, 0.29) is 5.56 Å². The number of nitrogens with one attached hydrogen (secondary N) is 1. The Labute approximate surface area is 97.8 Å². The van der Waals surface area contributed by atoms with E-state index in [4.69, 9.17) is 4.74 Å². The minimum Gasteiger partial charge on any atom is -0.381 e. The van der Waals surface area contributed by atoms with E-state index in [1.54, 1.807) is 11.8 Å². The predicted octanol–water partition coefficient (Wildman–Crippen LogP) is 1.10. The van der Waals surface area contributed by atoms with Crippen LogP contribution in [0.2, 0.25) is 0 Å². The number of H-pyrrole nitrogens is 1. The van der Waals surface area contributed by atoms with Crippen LogP contribution in [-0.4, -0.2) is 23.2 Å². The van der Waals surface area contributed by atoms with Gasteiger partial charge in [0.15, 0.2) is 0 Å². The van der Waals surface area contributed by atoms with Crippen molar-refractivity contribution < 1.29 is 4.74 Å². The van der Waals surface area contributed by atoms with Crippen molar-refractivity contribution in [3.8, 4) is 0 Å². The van der Waals surface area contributed by atoms with Crippen molar-refractivity contribution in [1.82, 2.24) is 9.97 Å². The zero-order valence-electron chi connectivity index (χ0n) is 8.99. The highest BCUT2D eigenvalue weighted by Crippen LogP contribution is 2.25. The van der Waals surface area contributed by atoms with Gasteiger partial charge in [0.05, 0.1) is 5.69 Å². The zero-order valence-corrected chi connectivity index (χ0v) is 9.81. The van der Waals surface area contributed by atoms with Crippen molar-refractivity contribution in [3.05, 3.63) is 27.4 Å². The standard InChI is InChI=1S/C11H14N2O2S/c14-11-8-5-16-6-9(8)12-10(13-11)3-7-1-2-15-4-7/h7H,1-6H2,(H,12,13,14). The molecule has 0 saturated carbocycles. The molecule has 3 rings (SSSR count). The molecule has 86 valence electrons. The van der Waals surface area contributed by atoms with E-state index in [0.717, 1.165) is 54.6 Å². The van der Waals surface area contributed by atoms with E-state index in [0.29, 0.717) is 5.92 Å². The molecular weight excluding hydrogens is 224 g/mol. The lowest BCUT2D eigenvalue weighted by Crippen LogP contribution is -2.19. The first kappa shape index (κ1) is 10.4. The molecule has 1 unspecified atom stereocenters. The van der Waals surface area contributed by atoms with E-state index in [1.807, 2.05) is 0 Å². The van der Waals surface area contributed by atoms with Crippen LogP contribution in [0.25, 0.3) is 0 Å². The first-order valence-electron chi connectivity index (χ1n) is 5.59. The van der Waals surface area contributed by atoms with Gasteiger partial charge in [-0.25, -0.2) is 4.98 Å². The molecule has 1 saturated heterocycles. The van der Waals surface area contributed by atoms with E-state index in [1.165, 1.54) is 0 Å². The summed E-state index contributed by atoms with van der Waals surface area (Å²) in [5.41, 5.74) is 1.92. The summed E-state index contributed by atoms with van der Waals surface area (Å²) < 4.78 is 5.33. The maximum absolute atomic E-state index is 11.8. The third-order valence-electron chi connectivity index (χ3n) is 3.14. The molecule has 2 aliphatic rings. The van der Waals surface area contributed by atoms with Crippen LogP contribution >= 0.6 is 11.8 Å². The van der Waals surface area contributed by atoms with Crippen LogP contribution in [0.1, 0.15) is 23.5 Å². The summed E-state index contributed by atoms with van der Waals surface area (Å²) in [5.74, 6) is 3.05. The summed E-state index contributed by atoms with van der Waals surface area (Å²) in [6, 6.07) is 0. The highest BCUT2D eigenvalue weighted by Gasteiger charge is 2.21. The third kappa shape index (κ3) is 1.89. The SMILES string of the molecule is O=c1[nH]c(CC2CCOC2)nc2c1CSC2. The summed E-state index contributed by atoms with van der Waals surface area (Å²) >= 11 is 1.76. The van der Waals surface area contributed by atoms with Gasteiger partial charge in [-0.15, -0.1) is 0 Å². The number of aromatic amines is 1. The molecular formula is C11H14N2O2S. The van der Waals surface area contributed by atoms with Crippen LogP contribution in [0.15, 0.2) is 4.79 Å². The molecule has 3 heterocycles. The molecule has 1 aromatic heterocycles. The average molecular weight is 238 g/mol. The Morgan fingerprint density at radius 3 is 3.25 bits per heavy atom. The van der Waals surface area contributed by atoms with Crippen LogP contribution in [0.3, 0.4) is 0 Å². The van der Waals surface area contributed by atoms with Crippen molar-refractivity contribution in [2.45, 2.75) is 24.3 Å². The number of nitrogens with zero attached hydrogens (tertiary/aromatic N) is 1. The molecule has 16 heavy (non-hydrogen) atoms. The number of rotatable bonds is 2. The Hall–Kier alpha value is -0.810. The first-order chi connectivity index (χ1) is 7.83.